The summed E-state index contributed by atoms with van der Waals surface area (Å²) in [5, 5.41) is 0.370. The third kappa shape index (κ3) is 2.64. The van der Waals surface area contributed by atoms with Crippen LogP contribution in [0.1, 0.15) is 10.4 Å². The smallest absolute Gasteiger partial charge is 0.254 e. The van der Waals surface area contributed by atoms with Crippen molar-refractivity contribution in [2.75, 3.05) is 19.3 Å². The summed E-state index contributed by atoms with van der Waals surface area (Å²) in [6, 6.07) is 4.75. The van der Waals surface area contributed by atoms with Crippen LogP contribution in [0.4, 0.5) is 5.69 Å². The highest BCUT2D eigenvalue weighted by Crippen LogP contribution is 2.20. The number of nitrogens with zero attached hydrogens (tertiary/aromatic N) is 1. The molecule has 78 valence electrons. The summed E-state index contributed by atoms with van der Waals surface area (Å²) in [6.45, 7) is 0.265. The lowest BCUT2D eigenvalue weighted by molar-refractivity contribution is 0.0812. The van der Waals surface area contributed by atoms with E-state index in [-0.39, 0.29) is 12.5 Å². The van der Waals surface area contributed by atoms with Gasteiger partial charge >= 0.3 is 0 Å². The van der Waals surface area contributed by atoms with E-state index < -0.39 is 0 Å². The van der Waals surface area contributed by atoms with Crippen molar-refractivity contribution in [3.05, 3.63) is 28.8 Å². The molecular formula is C11H11ClN2O. The van der Waals surface area contributed by atoms with Crippen molar-refractivity contribution >= 4 is 23.2 Å². The van der Waals surface area contributed by atoms with Crippen LogP contribution in [0, 0.1) is 12.3 Å². The Morgan fingerprint density at radius 1 is 1.67 bits per heavy atom. The fourth-order valence-electron chi connectivity index (χ4n) is 1.09. The van der Waals surface area contributed by atoms with Gasteiger partial charge in [0.05, 0.1) is 17.3 Å². The monoisotopic (exact) mass is 222 g/mol. The molecule has 0 aliphatic carbocycles. The average molecular weight is 223 g/mol. The van der Waals surface area contributed by atoms with Crippen LogP contribution in [0.2, 0.25) is 5.02 Å². The van der Waals surface area contributed by atoms with Crippen molar-refractivity contribution in [3.8, 4) is 12.3 Å². The second kappa shape index (κ2) is 4.72. The number of hydrogen-bond acceptors (Lipinski definition) is 2. The number of rotatable bonds is 2. The molecule has 1 aromatic rings. The molecule has 1 aromatic carbocycles. The minimum absolute atomic E-state index is 0.171. The molecule has 0 saturated carbocycles. The molecular weight excluding hydrogens is 212 g/mol. The van der Waals surface area contributed by atoms with Crippen molar-refractivity contribution in [2.45, 2.75) is 0 Å². The van der Waals surface area contributed by atoms with E-state index in [1.165, 1.54) is 11.0 Å². The van der Waals surface area contributed by atoms with Gasteiger partial charge in [0, 0.05) is 12.6 Å². The molecule has 2 N–H and O–H groups in total. The van der Waals surface area contributed by atoms with Gasteiger partial charge in [-0.15, -0.1) is 6.42 Å². The molecule has 0 fully saturated rings. The minimum atomic E-state index is -0.171. The standard InChI is InChI=1S/C11H11ClN2O/c1-3-6-14(2)11(15)8-4-5-10(13)9(12)7-8/h1,4-5,7H,6,13H2,2H3. The van der Waals surface area contributed by atoms with Crippen molar-refractivity contribution in [2.24, 2.45) is 0 Å². The number of amides is 1. The number of terminal acetylenes is 1. The van der Waals surface area contributed by atoms with E-state index in [2.05, 4.69) is 5.92 Å². The van der Waals surface area contributed by atoms with E-state index >= 15 is 0 Å². The molecule has 3 nitrogen and oxygen atoms in total. The fraction of sp³-hybridized carbons (Fsp3) is 0.182. The molecule has 1 rings (SSSR count). The minimum Gasteiger partial charge on any atom is -0.398 e. The van der Waals surface area contributed by atoms with Gasteiger partial charge in [0.25, 0.3) is 5.91 Å². The summed E-state index contributed by atoms with van der Waals surface area (Å²) in [4.78, 5) is 13.2. The van der Waals surface area contributed by atoms with Crippen molar-refractivity contribution < 1.29 is 4.79 Å². The van der Waals surface area contributed by atoms with Crippen LogP contribution < -0.4 is 5.73 Å². The number of nitrogens with two attached hydrogens (primary N) is 1. The normalized spacial score (nSPS) is 9.40. The van der Waals surface area contributed by atoms with E-state index in [9.17, 15) is 4.79 Å². The third-order valence-electron chi connectivity index (χ3n) is 1.92. The topological polar surface area (TPSA) is 46.3 Å². The Labute approximate surface area is 93.8 Å². The molecule has 0 aliphatic heterocycles. The Kier molecular flexibility index (Phi) is 3.59. The largest absolute Gasteiger partial charge is 0.398 e. The van der Waals surface area contributed by atoms with Gasteiger partial charge < -0.3 is 10.6 Å². The molecule has 0 unspecified atom stereocenters. The number of carbonyl (C=O) groups is 1. The van der Waals surface area contributed by atoms with E-state index in [0.717, 1.165) is 0 Å². The van der Waals surface area contributed by atoms with Gasteiger partial charge in [-0.25, -0.2) is 0 Å². The third-order valence-corrected chi connectivity index (χ3v) is 2.25. The van der Waals surface area contributed by atoms with Gasteiger partial charge in [-0.05, 0) is 18.2 Å². The number of anilines is 1. The molecule has 0 saturated heterocycles. The van der Waals surface area contributed by atoms with Crippen molar-refractivity contribution in [1.29, 1.82) is 0 Å². The maximum Gasteiger partial charge on any atom is 0.254 e. The summed E-state index contributed by atoms with van der Waals surface area (Å²) >= 11 is 5.80. The van der Waals surface area contributed by atoms with Crippen LogP contribution in [-0.2, 0) is 0 Å². The maximum atomic E-state index is 11.7. The zero-order valence-corrected chi connectivity index (χ0v) is 9.08. The van der Waals surface area contributed by atoms with Crippen LogP contribution >= 0.6 is 11.6 Å². The predicted octanol–water partition coefficient (Wildman–Crippen LogP) is 1.63. The second-order valence-electron chi connectivity index (χ2n) is 3.10. The average Bonchev–Trinajstić information content (AvgIpc) is 2.21. The van der Waals surface area contributed by atoms with Crippen LogP contribution in [0.5, 0.6) is 0 Å². The lowest BCUT2D eigenvalue weighted by Crippen LogP contribution is -2.26. The summed E-state index contributed by atoms with van der Waals surface area (Å²) < 4.78 is 0. The molecule has 1 amide bonds. The molecule has 15 heavy (non-hydrogen) atoms. The number of hydrogen-bond donors (Lipinski definition) is 1. The Bertz CT molecular complexity index is 423. The summed E-state index contributed by atoms with van der Waals surface area (Å²) in [5.41, 5.74) is 6.46. The molecule has 0 spiro atoms. The van der Waals surface area contributed by atoms with E-state index in [1.54, 1.807) is 19.2 Å². The van der Waals surface area contributed by atoms with E-state index in [4.69, 9.17) is 23.8 Å². The molecule has 0 heterocycles. The zero-order valence-electron chi connectivity index (χ0n) is 8.33. The zero-order chi connectivity index (χ0) is 11.4. The molecule has 0 aromatic heterocycles. The highest BCUT2D eigenvalue weighted by molar-refractivity contribution is 6.33. The van der Waals surface area contributed by atoms with Gasteiger partial charge in [-0.2, -0.15) is 0 Å². The van der Waals surface area contributed by atoms with Crippen LogP contribution in [0.25, 0.3) is 0 Å². The van der Waals surface area contributed by atoms with E-state index in [0.29, 0.717) is 16.3 Å². The summed E-state index contributed by atoms with van der Waals surface area (Å²) in [6.07, 6.45) is 5.11. The maximum absolute atomic E-state index is 11.7. The predicted molar refractivity (Wildman–Crippen MR) is 61.7 cm³/mol. The Hall–Kier alpha value is -1.66. The Morgan fingerprint density at radius 2 is 2.33 bits per heavy atom. The van der Waals surface area contributed by atoms with Gasteiger partial charge in [0.1, 0.15) is 0 Å². The first-order chi connectivity index (χ1) is 7.06. The SMILES string of the molecule is C#CCN(C)C(=O)c1ccc(N)c(Cl)c1. The molecule has 0 bridgehead atoms. The molecule has 0 atom stereocenters. The van der Waals surface area contributed by atoms with Crippen LogP contribution in [0.3, 0.4) is 0 Å². The van der Waals surface area contributed by atoms with E-state index in [1.807, 2.05) is 0 Å². The Balaban J connectivity index is 2.93. The van der Waals surface area contributed by atoms with Gasteiger partial charge in [0.2, 0.25) is 0 Å². The molecule has 0 aliphatic rings. The molecule has 4 heteroatoms. The fourth-order valence-corrected chi connectivity index (χ4v) is 1.27. The Morgan fingerprint density at radius 3 is 2.87 bits per heavy atom. The van der Waals surface area contributed by atoms with Crippen molar-refractivity contribution in [3.63, 3.8) is 0 Å². The lowest BCUT2D eigenvalue weighted by Gasteiger charge is -2.14. The first-order valence-electron chi connectivity index (χ1n) is 4.30. The van der Waals surface area contributed by atoms with Gasteiger partial charge in [-0.1, -0.05) is 17.5 Å². The lowest BCUT2D eigenvalue weighted by atomic mass is 10.2. The number of nitrogen functional groups attached to an aromatic ring is 1. The quantitative estimate of drug-likeness (QED) is 0.611. The van der Waals surface area contributed by atoms with Crippen LogP contribution in [0.15, 0.2) is 18.2 Å². The first kappa shape index (κ1) is 11.4. The van der Waals surface area contributed by atoms with Crippen molar-refractivity contribution in [1.82, 2.24) is 4.90 Å². The summed E-state index contributed by atoms with van der Waals surface area (Å²) in [5.74, 6) is 2.22. The first-order valence-corrected chi connectivity index (χ1v) is 4.68. The van der Waals surface area contributed by atoms with Crippen LogP contribution in [-0.4, -0.2) is 24.4 Å². The number of halogens is 1. The highest BCUT2D eigenvalue weighted by atomic mass is 35.5. The second-order valence-corrected chi connectivity index (χ2v) is 3.51. The molecule has 0 radical (unpaired) electrons. The number of carbonyl (C=O) groups excluding carboxylic acids is 1. The summed E-state index contributed by atoms with van der Waals surface area (Å²) in [7, 11) is 1.63. The van der Waals surface area contributed by atoms with Gasteiger partial charge in [-0.3, -0.25) is 4.79 Å². The number of benzene rings is 1. The van der Waals surface area contributed by atoms with Gasteiger partial charge in [0.15, 0.2) is 0 Å². The highest BCUT2D eigenvalue weighted by Gasteiger charge is 2.11.